The molecule has 0 atom stereocenters. The van der Waals surface area contributed by atoms with Crippen LogP contribution < -0.4 is 10.2 Å². The molecule has 0 radical (unpaired) electrons. The molecule has 0 unspecified atom stereocenters. The van der Waals surface area contributed by atoms with Gasteiger partial charge in [-0.15, -0.1) is 0 Å². The Labute approximate surface area is 197 Å². The van der Waals surface area contributed by atoms with Crippen LogP contribution in [0.3, 0.4) is 0 Å². The fraction of sp³-hybridized carbons (Fsp3) is 0.364. The van der Waals surface area contributed by atoms with Gasteiger partial charge >= 0.3 is 5.97 Å². The van der Waals surface area contributed by atoms with Gasteiger partial charge in [0.1, 0.15) is 0 Å². The number of morpholine rings is 1. The molecule has 0 spiro atoms. The number of carbonyl (C=O) groups excluding carboxylic acids is 2. The number of hydrogen-bond donors (Lipinski definition) is 1. The highest BCUT2D eigenvalue weighted by atomic mass is 127. The maximum atomic E-state index is 15.2. The summed E-state index contributed by atoms with van der Waals surface area (Å²) < 4.78 is 41.6. The zero-order chi connectivity index (χ0) is 22.8. The molecule has 170 valence electrons. The lowest BCUT2D eigenvalue weighted by Gasteiger charge is -2.32. The largest absolute Gasteiger partial charge is 0.440 e. The van der Waals surface area contributed by atoms with Crippen molar-refractivity contribution in [2.75, 3.05) is 51.0 Å². The number of benzene rings is 2. The summed E-state index contributed by atoms with van der Waals surface area (Å²) in [5.41, 5.74) is 0.450. The number of amides is 1. The second-order valence-electron chi connectivity index (χ2n) is 7.58. The van der Waals surface area contributed by atoms with Crippen molar-refractivity contribution in [3.8, 4) is 0 Å². The van der Waals surface area contributed by atoms with Crippen molar-refractivity contribution in [2.24, 2.45) is 0 Å². The van der Waals surface area contributed by atoms with Crippen molar-refractivity contribution in [1.29, 1.82) is 0 Å². The molecule has 1 saturated heterocycles. The molecule has 0 aromatic heterocycles. The molecule has 32 heavy (non-hydrogen) atoms. The summed E-state index contributed by atoms with van der Waals surface area (Å²) in [4.78, 5) is 28.4. The molecule has 1 N–H and O–H groups in total. The molecule has 0 aliphatic carbocycles. The first-order chi connectivity index (χ1) is 15.4. The smallest absolute Gasteiger partial charge is 0.342 e. The van der Waals surface area contributed by atoms with Crippen LogP contribution >= 0.6 is 22.6 Å². The Bertz CT molecular complexity index is 1060. The highest BCUT2D eigenvalue weighted by Gasteiger charge is 2.34. The van der Waals surface area contributed by atoms with E-state index in [9.17, 15) is 14.0 Å². The molecule has 4 rings (SSSR count). The predicted octanol–water partition coefficient (Wildman–Crippen LogP) is 3.21. The van der Waals surface area contributed by atoms with Crippen molar-refractivity contribution in [3.63, 3.8) is 0 Å². The number of hydrogen-bond acceptors (Lipinski definition) is 6. The average Bonchev–Trinajstić information content (AvgIpc) is 2.77. The summed E-state index contributed by atoms with van der Waals surface area (Å²) in [5.74, 6) is -4.14. The van der Waals surface area contributed by atoms with Gasteiger partial charge in [0.2, 0.25) is 0 Å². The zero-order valence-electron chi connectivity index (χ0n) is 17.4. The number of cyclic esters (lactones) is 1. The number of nitrogens with one attached hydrogen (secondary N) is 1. The van der Waals surface area contributed by atoms with E-state index in [1.54, 1.807) is 6.07 Å². The quantitative estimate of drug-likeness (QED) is 0.450. The van der Waals surface area contributed by atoms with Crippen LogP contribution in [-0.4, -0.2) is 62.9 Å². The lowest BCUT2D eigenvalue weighted by atomic mass is 10.0. The first kappa shape index (κ1) is 22.9. The first-order valence-corrected chi connectivity index (χ1v) is 11.3. The average molecular weight is 557 g/mol. The van der Waals surface area contributed by atoms with Crippen LogP contribution in [0.5, 0.6) is 0 Å². The number of ether oxygens (including phenoxy) is 2. The molecule has 2 aromatic rings. The van der Waals surface area contributed by atoms with Crippen LogP contribution in [0.15, 0.2) is 24.3 Å². The van der Waals surface area contributed by atoms with Crippen molar-refractivity contribution < 1.29 is 27.8 Å². The Kier molecular flexibility index (Phi) is 6.91. The first-order valence-electron chi connectivity index (χ1n) is 10.2. The number of carbonyl (C=O) groups is 2. The molecule has 0 bridgehead atoms. The SMILES string of the molecule is Cc1cc(I)ccc1N1COC(=O)c2cc(C(=O)NCCN3CCOCC3)c(F)c(F)c21. The standard InChI is InChI=1S/C22H22F2IN3O4/c1-13-10-14(25)2-3-17(13)28-12-32-22(30)16-11-15(18(23)19(24)20(16)28)21(29)26-4-5-27-6-8-31-9-7-27/h2-3,10-11H,4-9,12H2,1H3,(H,26,29). The fourth-order valence-corrected chi connectivity index (χ4v) is 4.47. The van der Waals surface area contributed by atoms with Crippen molar-refractivity contribution >= 4 is 45.8 Å². The molecule has 1 amide bonds. The second kappa shape index (κ2) is 9.67. The van der Waals surface area contributed by atoms with E-state index in [0.717, 1.165) is 28.3 Å². The van der Waals surface area contributed by atoms with Crippen molar-refractivity contribution in [1.82, 2.24) is 10.2 Å². The number of rotatable bonds is 5. The molecule has 1 fully saturated rings. The predicted molar refractivity (Wildman–Crippen MR) is 122 cm³/mol. The number of anilines is 2. The van der Waals surface area contributed by atoms with Gasteiger partial charge in [-0.3, -0.25) is 9.69 Å². The van der Waals surface area contributed by atoms with Gasteiger partial charge in [-0.25, -0.2) is 13.6 Å². The third-order valence-corrected chi connectivity index (χ3v) is 6.18. The lowest BCUT2D eigenvalue weighted by Crippen LogP contribution is -2.41. The van der Waals surface area contributed by atoms with Crippen LogP contribution in [-0.2, 0) is 9.47 Å². The van der Waals surface area contributed by atoms with Crippen molar-refractivity contribution in [3.05, 3.63) is 56.2 Å². The summed E-state index contributed by atoms with van der Waals surface area (Å²) in [6.07, 6.45) is 0. The Balaban J connectivity index is 1.60. The summed E-state index contributed by atoms with van der Waals surface area (Å²) in [6.45, 7) is 5.14. The van der Waals surface area contributed by atoms with Crippen molar-refractivity contribution in [2.45, 2.75) is 6.92 Å². The lowest BCUT2D eigenvalue weighted by molar-refractivity contribution is 0.0383. The number of halogens is 3. The molecule has 2 aliphatic rings. The summed E-state index contributed by atoms with van der Waals surface area (Å²) in [5, 5.41) is 2.60. The Morgan fingerprint density at radius 1 is 1.19 bits per heavy atom. The minimum absolute atomic E-state index is 0.188. The molecule has 2 aromatic carbocycles. The number of aryl methyl sites for hydroxylation is 1. The van der Waals surface area contributed by atoms with Crippen LogP contribution in [0.4, 0.5) is 20.2 Å². The van der Waals surface area contributed by atoms with E-state index in [1.807, 2.05) is 19.1 Å². The van der Waals surface area contributed by atoms with Gasteiger partial charge < -0.3 is 19.7 Å². The van der Waals surface area contributed by atoms with E-state index in [2.05, 4.69) is 32.8 Å². The highest BCUT2D eigenvalue weighted by Crippen LogP contribution is 2.38. The van der Waals surface area contributed by atoms with Gasteiger partial charge in [-0.2, -0.15) is 0 Å². The third-order valence-electron chi connectivity index (χ3n) is 5.51. The maximum Gasteiger partial charge on any atom is 0.342 e. The summed E-state index contributed by atoms with van der Waals surface area (Å²) in [6, 6.07) is 6.53. The molecule has 7 nitrogen and oxygen atoms in total. The summed E-state index contributed by atoms with van der Waals surface area (Å²) in [7, 11) is 0. The van der Waals surface area contributed by atoms with E-state index in [4.69, 9.17) is 9.47 Å². The topological polar surface area (TPSA) is 71.1 Å². The van der Waals surface area contributed by atoms with Gasteiger partial charge in [0.15, 0.2) is 18.4 Å². The zero-order valence-corrected chi connectivity index (χ0v) is 19.6. The van der Waals surface area contributed by atoms with Gasteiger partial charge in [0.25, 0.3) is 5.91 Å². The maximum absolute atomic E-state index is 15.2. The Morgan fingerprint density at radius 3 is 2.66 bits per heavy atom. The third kappa shape index (κ3) is 4.57. The van der Waals surface area contributed by atoms with Crippen LogP contribution in [0.2, 0.25) is 0 Å². The van der Waals surface area contributed by atoms with Gasteiger partial charge in [0.05, 0.1) is 30.0 Å². The van der Waals surface area contributed by atoms with E-state index >= 15 is 4.39 Å². The van der Waals surface area contributed by atoms with Crippen LogP contribution in [0, 0.1) is 22.1 Å². The second-order valence-corrected chi connectivity index (χ2v) is 8.82. The molecule has 0 saturated carbocycles. The number of nitrogens with zero attached hydrogens (tertiary/aromatic N) is 2. The monoisotopic (exact) mass is 557 g/mol. The molecular weight excluding hydrogens is 535 g/mol. The molecule has 2 aliphatic heterocycles. The molecule has 2 heterocycles. The van der Waals surface area contributed by atoms with E-state index in [0.29, 0.717) is 25.4 Å². The van der Waals surface area contributed by atoms with Gasteiger partial charge in [-0.1, -0.05) is 0 Å². The van der Waals surface area contributed by atoms with E-state index < -0.39 is 29.1 Å². The van der Waals surface area contributed by atoms with E-state index in [1.165, 1.54) is 4.90 Å². The number of fused-ring (bicyclic) bond motifs is 1. The van der Waals surface area contributed by atoms with Crippen LogP contribution in [0.25, 0.3) is 0 Å². The van der Waals surface area contributed by atoms with E-state index in [-0.39, 0.29) is 24.5 Å². The molecule has 10 heteroatoms. The number of esters is 1. The van der Waals surface area contributed by atoms with Gasteiger partial charge in [0, 0.05) is 35.4 Å². The Morgan fingerprint density at radius 2 is 1.94 bits per heavy atom. The highest BCUT2D eigenvalue weighted by molar-refractivity contribution is 14.1. The Hall–Kier alpha value is -2.31. The van der Waals surface area contributed by atoms with Gasteiger partial charge in [-0.05, 0) is 59.3 Å². The normalized spacial score (nSPS) is 16.5. The minimum Gasteiger partial charge on any atom is -0.440 e. The summed E-state index contributed by atoms with van der Waals surface area (Å²) >= 11 is 2.15. The minimum atomic E-state index is -1.30. The molecular formula is C22H22F2IN3O4. The van der Waals surface area contributed by atoms with Crippen LogP contribution in [0.1, 0.15) is 26.3 Å². The fourth-order valence-electron chi connectivity index (χ4n) is 3.83.